The van der Waals surface area contributed by atoms with Crippen LogP contribution in [-0.4, -0.2) is 60.0 Å². The van der Waals surface area contributed by atoms with E-state index in [0.717, 1.165) is 25.9 Å². The molecule has 1 saturated heterocycles. The van der Waals surface area contributed by atoms with E-state index in [1.165, 1.54) is 0 Å². The number of hydrogen-bond acceptors (Lipinski definition) is 4. The molecule has 1 amide bonds. The number of amides is 1. The first-order chi connectivity index (χ1) is 8.51. The summed E-state index contributed by atoms with van der Waals surface area (Å²) in [6, 6.07) is 0.259. The van der Waals surface area contributed by atoms with E-state index in [2.05, 4.69) is 17.1 Å². The molecule has 3 N–H and O–H groups in total. The first-order valence-electron chi connectivity index (χ1n) is 6.43. The Labute approximate surface area is 108 Å². The fourth-order valence-electron chi connectivity index (χ4n) is 2.39. The molecule has 0 spiro atoms. The van der Waals surface area contributed by atoms with Crippen molar-refractivity contribution in [3.63, 3.8) is 0 Å². The summed E-state index contributed by atoms with van der Waals surface area (Å²) in [6.07, 6.45) is 2.50. The van der Waals surface area contributed by atoms with Crippen molar-refractivity contribution in [1.82, 2.24) is 9.80 Å². The number of hydrogen-bond donors (Lipinski definition) is 2. The molecule has 104 valence electrons. The molecule has 0 radical (unpaired) electrons. The van der Waals surface area contributed by atoms with E-state index in [1.807, 2.05) is 14.0 Å². The Morgan fingerprint density at radius 3 is 2.56 bits per heavy atom. The van der Waals surface area contributed by atoms with Gasteiger partial charge in [-0.15, -0.1) is 0 Å². The van der Waals surface area contributed by atoms with Gasteiger partial charge in [0.05, 0.1) is 5.92 Å². The lowest BCUT2D eigenvalue weighted by Gasteiger charge is -2.36. The average molecular weight is 256 g/mol. The van der Waals surface area contributed by atoms with E-state index in [9.17, 15) is 4.79 Å². The van der Waals surface area contributed by atoms with Gasteiger partial charge < -0.3 is 20.7 Å². The topological polar surface area (TPSA) is 82.2 Å². The van der Waals surface area contributed by atoms with Crippen LogP contribution in [0.15, 0.2) is 5.16 Å². The third kappa shape index (κ3) is 3.35. The lowest BCUT2D eigenvalue weighted by Crippen LogP contribution is -2.48. The predicted octanol–water partition coefficient (Wildman–Crippen LogP) is 0.312. The molecule has 1 fully saturated rings. The number of oxime groups is 1. The molecule has 1 unspecified atom stereocenters. The number of nitrogens with two attached hydrogens (primary N) is 1. The molecular weight excluding hydrogens is 232 g/mol. The third-order valence-corrected chi connectivity index (χ3v) is 3.76. The van der Waals surface area contributed by atoms with Crippen LogP contribution < -0.4 is 5.73 Å². The summed E-state index contributed by atoms with van der Waals surface area (Å²) >= 11 is 0. The largest absolute Gasteiger partial charge is 0.409 e. The fraction of sp³-hybridized carbons (Fsp3) is 0.833. The number of carbonyl (C=O) groups excluding carboxylic acids is 1. The van der Waals surface area contributed by atoms with E-state index < -0.39 is 5.92 Å². The highest BCUT2D eigenvalue weighted by Gasteiger charge is 2.30. The third-order valence-electron chi connectivity index (χ3n) is 3.76. The van der Waals surface area contributed by atoms with Gasteiger partial charge in [-0.3, -0.25) is 4.79 Å². The minimum atomic E-state index is -0.514. The van der Waals surface area contributed by atoms with Gasteiger partial charge in [0.15, 0.2) is 5.84 Å². The summed E-state index contributed by atoms with van der Waals surface area (Å²) < 4.78 is 0. The maximum absolute atomic E-state index is 12.3. The quantitative estimate of drug-likeness (QED) is 0.328. The van der Waals surface area contributed by atoms with Crippen molar-refractivity contribution in [3.8, 4) is 0 Å². The van der Waals surface area contributed by atoms with Gasteiger partial charge in [-0.1, -0.05) is 12.1 Å². The normalized spacial score (nSPS) is 20.7. The highest BCUT2D eigenvalue weighted by molar-refractivity contribution is 6.02. The van der Waals surface area contributed by atoms with Crippen LogP contribution in [0.4, 0.5) is 0 Å². The van der Waals surface area contributed by atoms with Gasteiger partial charge in [0.1, 0.15) is 0 Å². The molecule has 1 aliphatic rings. The lowest BCUT2D eigenvalue weighted by molar-refractivity contribution is -0.135. The molecule has 0 bridgehead atoms. The smallest absolute Gasteiger partial charge is 0.233 e. The van der Waals surface area contributed by atoms with Gasteiger partial charge in [0.25, 0.3) is 0 Å². The van der Waals surface area contributed by atoms with Crippen LogP contribution in [0.25, 0.3) is 0 Å². The second-order valence-electron chi connectivity index (χ2n) is 4.97. The van der Waals surface area contributed by atoms with Crippen LogP contribution in [-0.2, 0) is 4.79 Å². The van der Waals surface area contributed by atoms with Crippen LogP contribution in [0.5, 0.6) is 0 Å². The molecule has 0 aromatic carbocycles. The molecule has 1 aliphatic heterocycles. The van der Waals surface area contributed by atoms with E-state index >= 15 is 0 Å². The maximum atomic E-state index is 12.3. The van der Waals surface area contributed by atoms with Crippen molar-refractivity contribution in [1.29, 1.82) is 0 Å². The van der Waals surface area contributed by atoms with Crippen LogP contribution in [0.2, 0.25) is 0 Å². The number of carbonyl (C=O) groups is 1. The number of amidine groups is 1. The van der Waals surface area contributed by atoms with Gasteiger partial charge in [-0.05, 0) is 39.4 Å². The van der Waals surface area contributed by atoms with Crippen LogP contribution in [0, 0.1) is 5.92 Å². The molecule has 6 heteroatoms. The monoisotopic (exact) mass is 256 g/mol. The molecule has 0 aromatic heterocycles. The maximum Gasteiger partial charge on any atom is 0.233 e. The highest BCUT2D eigenvalue weighted by Crippen LogP contribution is 2.17. The van der Waals surface area contributed by atoms with Gasteiger partial charge >= 0.3 is 0 Å². The Morgan fingerprint density at radius 2 is 2.11 bits per heavy atom. The minimum Gasteiger partial charge on any atom is -0.409 e. The van der Waals surface area contributed by atoms with Crippen molar-refractivity contribution in [2.75, 3.05) is 27.2 Å². The lowest BCUT2D eigenvalue weighted by atomic mass is 9.99. The molecule has 0 aliphatic carbocycles. The van der Waals surface area contributed by atoms with Crippen LogP contribution >= 0.6 is 0 Å². The van der Waals surface area contributed by atoms with E-state index in [-0.39, 0.29) is 17.8 Å². The van der Waals surface area contributed by atoms with Crippen molar-refractivity contribution >= 4 is 11.7 Å². The summed E-state index contributed by atoms with van der Waals surface area (Å²) in [7, 11) is 3.90. The molecule has 1 atom stereocenters. The van der Waals surface area contributed by atoms with Crippen molar-refractivity contribution in [2.24, 2.45) is 16.8 Å². The predicted molar refractivity (Wildman–Crippen MR) is 70.5 cm³/mol. The standard InChI is InChI=1S/C12H24N4O2/c1-4-10(11(13)14-18)12(17)16(3)9-5-7-15(2)8-6-9/h9-10,18H,4-8H2,1-3H3,(H2,13,14). The van der Waals surface area contributed by atoms with E-state index in [1.54, 1.807) is 4.90 Å². The second-order valence-corrected chi connectivity index (χ2v) is 4.97. The van der Waals surface area contributed by atoms with Gasteiger partial charge in [0.2, 0.25) is 5.91 Å². The summed E-state index contributed by atoms with van der Waals surface area (Å²) in [5.74, 6) is -0.565. The zero-order valence-electron chi connectivity index (χ0n) is 11.5. The Balaban J connectivity index is 2.65. The van der Waals surface area contributed by atoms with Crippen molar-refractivity contribution in [2.45, 2.75) is 32.2 Å². The first kappa shape index (κ1) is 14.8. The first-order valence-corrected chi connectivity index (χ1v) is 6.43. The molecule has 0 saturated carbocycles. The molecule has 6 nitrogen and oxygen atoms in total. The van der Waals surface area contributed by atoms with Crippen molar-refractivity contribution < 1.29 is 10.0 Å². The number of piperidine rings is 1. The SMILES string of the molecule is CCC(C(=O)N(C)C1CCN(C)CC1)C(N)=NO. The summed E-state index contributed by atoms with van der Waals surface area (Å²) in [6.45, 7) is 3.87. The van der Waals surface area contributed by atoms with E-state index in [0.29, 0.717) is 6.42 Å². The van der Waals surface area contributed by atoms with Gasteiger partial charge in [-0.25, -0.2) is 0 Å². The zero-order valence-corrected chi connectivity index (χ0v) is 11.5. The molecule has 0 aromatic rings. The number of nitrogens with zero attached hydrogens (tertiary/aromatic N) is 3. The average Bonchev–Trinajstić information content (AvgIpc) is 2.39. The summed E-state index contributed by atoms with van der Waals surface area (Å²) in [5.41, 5.74) is 5.56. The van der Waals surface area contributed by atoms with E-state index in [4.69, 9.17) is 10.9 Å². The summed E-state index contributed by atoms with van der Waals surface area (Å²) in [5, 5.41) is 11.7. The summed E-state index contributed by atoms with van der Waals surface area (Å²) in [4.78, 5) is 16.3. The Hall–Kier alpha value is -1.30. The zero-order chi connectivity index (χ0) is 13.7. The number of likely N-dealkylation sites (tertiary alicyclic amines) is 1. The molecule has 1 rings (SSSR count). The van der Waals surface area contributed by atoms with Crippen LogP contribution in [0.3, 0.4) is 0 Å². The van der Waals surface area contributed by atoms with Gasteiger partial charge in [-0.2, -0.15) is 0 Å². The fourth-order valence-corrected chi connectivity index (χ4v) is 2.39. The molecule has 1 heterocycles. The number of rotatable bonds is 4. The minimum absolute atomic E-state index is 0.00211. The Bertz CT molecular complexity index is 311. The Morgan fingerprint density at radius 1 is 1.56 bits per heavy atom. The molecule has 18 heavy (non-hydrogen) atoms. The van der Waals surface area contributed by atoms with Crippen LogP contribution in [0.1, 0.15) is 26.2 Å². The Kier molecular flexibility index (Phi) is 5.40. The molecular formula is C12H24N4O2. The second kappa shape index (κ2) is 6.58. The van der Waals surface area contributed by atoms with Crippen molar-refractivity contribution in [3.05, 3.63) is 0 Å². The van der Waals surface area contributed by atoms with Gasteiger partial charge in [0, 0.05) is 13.1 Å². The highest BCUT2D eigenvalue weighted by atomic mass is 16.4.